The SMILES string of the molecule is COC(=O)c1cnc(F)c(N)c1C(F)F. The second kappa shape index (κ2) is 4.16. The van der Waals surface area contributed by atoms with Gasteiger partial charge in [-0.05, 0) is 0 Å². The Hall–Kier alpha value is -1.79. The second-order valence-corrected chi connectivity index (χ2v) is 2.58. The molecule has 0 aliphatic carbocycles. The van der Waals surface area contributed by atoms with Crippen LogP contribution in [-0.4, -0.2) is 18.1 Å². The van der Waals surface area contributed by atoms with Crippen molar-refractivity contribution >= 4 is 11.7 Å². The molecule has 0 unspecified atom stereocenters. The summed E-state index contributed by atoms with van der Waals surface area (Å²) in [7, 11) is 1.01. The van der Waals surface area contributed by atoms with E-state index in [-0.39, 0.29) is 0 Å². The Morgan fingerprint density at radius 3 is 2.67 bits per heavy atom. The first-order valence-corrected chi connectivity index (χ1v) is 3.79. The molecule has 0 aliphatic heterocycles. The summed E-state index contributed by atoms with van der Waals surface area (Å²) in [6.07, 6.45) is -2.41. The first-order chi connectivity index (χ1) is 6.99. The van der Waals surface area contributed by atoms with Crippen LogP contribution in [0.25, 0.3) is 0 Å². The van der Waals surface area contributed by atoms with Gasteiger partial charge in [0.05, 0.1) is 23.9 Å². The fraction of sp³-hybridized carbons (Fsp3) is 0.250. The largest absolute Gasteiger partial charge is 0.465 e. The van der Waals surface area contributed by atoms with Gasteiger partial charge in [-0.3, -0.25) is 0 Å². The molecular weight excluding hydrogens is 213 g/mol. The predicted octanol–water partition coefficient (Wildman–Crippen LogP) is 1.53. The van der Waals surface area contributed by atoms with E-state index in [0.717, 1.165) is 7.11 Å². The first-order valence-electron chi connectivity index (χ1n) is 3.79. The van der Waals surface area contributed by atoms with Crippen LogP contribution < -0.4 is 5.73 Å². The number of carbonyl (C=O) groups is 1. The molecule has 82 valence electrons. The lowest BCUT2D eigenvalue weighted by Gasteiger charge is -2.09. The molecule has 0 radical (unpaired) electrons. The van der Waals surface area contributed by atoms with Gasteiger partial charge < -0.3 is 10.5 Å². The number of aromatic nitrogens is 1. The molecule has 1 aromatic heterocycles. The number of nitrogen functional groups attached to an aromatic ring is 1. The van der Waals surface area contributed by atoms with E-state index in [9.17, 15) is 18.0 Å². The van der Waals surface area contributed by atoms with Crippen molar-refractivity contribution in [2.75, 3.05) is 12.8 Å². The lowest BCUT2D eigenvalue weighted by atomic mass is 10.1. The highest BCUT2D eigenvalue weighted by atomic mass is 19.3. The Labute approximate surface area is 82.9 Å². The van der Waals surface area contributed by atoms with E-state index >= 15 is 0 Å². The monoisotopic (exact) mass is 220 g/mol. The molecular formula is C8H7F3N2O2. The molecule has 0 aromatic carbocycles. The van der Waals surface area contributed by atoms with Gasteiger partial charge in [-0.15, -0.1) is 0 Å². The number of nitrogens with two attached hydrogens (primary N) is 1. The van der Waals surface area contributed by atoms with Crippen LogP contribution in [0, 0.1) is 5.95 Å². The number of nitrogens with zero attached hydrogens (tertiary/aromatic N) is 1. The number of halogens is 3. The minimum Gasteiger partial charge on any atom is -0.465 e. The number of esters is 1. The summed E-state index contributed by atoms with van der Waals surface area (Å²) in [4.78, 5) is 14.1. The molecule has 4 nitrogen and oxygen atoms in total. The van der Waals surface area contributed by atoms with Crippen molar-refractivity contribution in [1.29, 1.82) is 0 Å². The molecule has 0 bridgehead atoms. The van der Waals surface area contributed by atoms with E-state index in [2.05, 4.69) is 9.72 Å². The number of anilines is 1. The number of hydrogen-bond acceptors (Lipinski definition) is 4. The Morgan fingerprint density at radius 1 is 1.60 bits per heavy atom. The van der Waals surface area contributed by atoms with Gasteiger partial charge in [0.1, 0.15) is 0 Å². The standard InChI is InChI=1S/C8H7F3N2O2/c1-15-8(14)3-2-13-7(11)5(12)4(3)6(9)10/h2,6H,12H2,1H3. The lowest BCUT2D eigenvalue weighted by molar-refractivity contribution is 0.0588. The quantitative estimate of drug-likeness (QED) is 0.606. The molecule has 7 heteroatoms. The van der Waals surface area contributed by atoms with Crippen LogP contribution in [-0.2, 0) is 4.74 Å². The molecule has 0 amide bonds. The molecule has 1 heterocycles. The number of ether oxygens (including phenoxy) is 1. The van der Waals surface area contributed by atoms with Gasteiger partial charge in [0.15, 0.2) is 0 Å². The van der Waals surface area contributed by atoms with Gasteiger partial charge in [-0.2, -0.15) is 4.39 Å². The third kappa shape index (κ3) is 2.00. The minimum absolute atomic E-state index is 0.536. The zero-order valence-corrected chi connectivity index (χ0v) is 7.63. The summed E-state index contributed by atoms with van der Waals surface area (Å²) in [6, 6.07) is 0. The van der Waals surface area contributed by atoms with Crippen molar-refractivity contribution in [2.24, 2.45) is 0 Å². The Kier molecular flexibility index (Phi) is 3.13. The van der Waals surface area contributed by atoms with Crippen LogP contribution >= 0.6 is 0 Å². The number of rotatable bonds is 2. The van der Waals surface area contributed by atoms with Gasteiger partial charge in [0, 0.05) is 6.20 Å². The molecule has 1 aromatic rings. The summed E-state index contributed by atoms with van der Waals surface area (Å²) in [6.45, 7) is 0. The van der Waals surface area contributed by atoms with E-state index in [1.54, 1.807) is 0 Å². The maximum absolute atomic E-state index is 12.8. The molecule has 0 saturated carbocycles. The highest BCUT2D eigenvalue weighted by molar-refractivity contribution is 5.92. The molecule has 0 spiro atoms. The van der Waals surface area contributed by atoms with Crippen LogP contribution in [0.4, 0.5) is 18.9 Å². The van der Waals surface area contributed by atoms with Crippen LogP contribution in [0.5, 0.6) is 0 Å². The normalized spacial score (nSPS) is 10.5. The first kappa shape index (κ1) is 11.3. The van der Waals surface area contributed by atoms with Crippen molar-refractivity contribution in [3.05, 3.63) is 23.3 Å². The number of alkyl halides is 2. The fourth-order valence-corrected chi connectivity index (χ4v) is 1.02. The summed E-state index contributed by atoms with van der Waals surface area (Å²) < 4.78 is 42.0. The molecule has 15 heavy (non-hydrogen) atoms. The second-order valence-electron chi connectivity index (χ2n) is 2.58. The summed E-state index contributed by atoms with van der Waals surface area (Å²) in [5, 5.41) is 0. The summed E-state index contributed by atoms with van der Waals surface area (Å²) in [5.41, 5.74) is 2.78. The molecule has 0 aliphatic rings. The fourth-order valence-electron chi connectivity index (χ4n) is 1.02. The Balaban J connectivity index is 3.40. The number of methoxy groups -OCH3 is 1. The van der Waals surface area contributed by atoms with Crippen molar-refractivity contribution < 1.29 is 22.7 Å². The van der Waals surface area contributed by atoms with E-state index in [4.69, 9.17) is 5.73 Å². The van der Waals surface area contributed by atoms with E-state index in [1.807, 2.05) is 0 Å². The zero-order chi connectivity index (χ0) is 11.6. The van der Waals surface area contributed by atoms with Gasteiger partial charge in [-0.25, -0.2) is 18.6 Å². The Bertz CT molecular complexity index is 396. The van der Waals surface area contributed by atoms with Gasteiger partial charge >= 0.3 is 5.97 Å². The van der Waals surface area contributed by atoms with E-state index in [1.165, 1.54) is 0 Å². The molecule has 2 N–H and O–H groups in total. The predicted molar refractivity (Wildman–Crippen MR) is 44.9 cm³/mol. The number of carbonyl (C=O) groups excluding carboxylic acids is 1. The maximum atomic E-state index is 12.8. The molecule has 0 saturated heterocycles. The summed E-state index contributed by atoms with van der Waals surface area (Å²) >= 11 is 0. The average Bonchev–Trinajstić information content (AvgIpc) is 2.20. The van der Waals surface area contributed by atoms with Gasteiger partial charge in [0.25, 0.3) is 6.43 Å². The van der Waals surface area contributed by atoms with Crippen molar-refractivity contribution in [2.45, 2.75) is 6.43 Å². The van der Waals surface area contributed by atoms with Crippen molar-refractivity contribution in [3.63, 3.8) is 0 Å². The van der Waals surface area contributed by atoms with Crippen molar-refractivity contribution in [1.82, 2.24) is 4.98 Å². The number of pyridine rings is 1. The van der Waals surface area contributed by atoms with Crippen LogP contribution in [0.3, 0.4) is 0 Å². The highest BCUT2D eigenvalue weighted by Gasteiger charge is 2.24. The van der Waals surface area contributed by atoms with Crippen LogP contribution in [0.1, 0.15) is 22.3 Å². The topological polar surface area (TPSA) is 65.2 Å². The third-order valence-electron chi connectivity index (χ3n) is 1.73. The smallest absolute Gasteiger partial charge is 0.340 e. The van der Waals surface area contributed by atoms with Crippen LogP contribution in [0.15, 0.2) is 6.20 Å². The third-order valence-corrected chi connectivity index (χ3v) is 1.73. The van der Waals surface area contributed by atoms with Gasteiger partial charge in [0.2, 0.25) is 5.95 Å². The molecule has 0 fully saturated rings. The maximum Gasteiger partial charge on any atom is 0.340 e. The van der Waals surface area contributed by atoms with E-state index in [0.29, 0.717) is 6.20 Å². The Morgan fingerprint density at radius 2 is 2.20 bits per heavy atom. The molecule has 1 rings (SSSR count). The lowest BCUT2D eigenvalue weighted by Crippen LogP contribution is -2.11. The highest BCUT2D eigenvalue weighted by Crippen LogP contribution is 2.29. The summed E-state index contributed by atoms with van der Waals surface area (Å²) in [5.74, 6) is -2.28. The minimum atomic E-state index is -3.07. The number of hydrogen-bond donors (Lipinski definition) is 1. The van der Waals surface area contributed by atoms with Gasteiger partial charge in [-0.1, -0.05) is 0 Å². The van der Waals surface area contributed by atoms with Crippen molar-refractivity contribution in [3.8, 4) is 0 Å². The average molecular weight is 220 g/mol. The van der Waals surface area contributed by atoms with E-state index < -0.39 is 35.2 Å². The van der Waals surface area contributed by atoms with Crippen LogP contribution in [0.2, 0.25) is 0 Å². The zero-order valence-electron chi connectivity index (χ0n) is 7.63. The molecule has 0 atom stereocenters.